The number of carbonyl (C=O) groups is 1. The third-order valence-corrected chi connectivity index (χ3v) is 5.74. The van der Waals surface area contributed by atoms with Gasteiger partial charge in [0, 0.05) is 23.5 Å². The van der Waals surface area contributed by atoms with Crippen molar-refractivity contribution in [2.24, 2.45) is 0 Å². The number of likely N-dealkylation sites (tertiary alicyclic amines) is 1. The molecule has 1 heterocycles. The predicted octanol–water partition coefficient (Wildman–Crippen LogP) is 5.84. The molecule has 0 aromatic heterocycles. The van der Waals surface area contributed by atoms with Crippen LogP contribution in [0.4, 0.5) is 11.4 Å². The number of piperidine rings is 1. The van der Waals surface area contributed by atoms with E-state index in [1.54, 1.807) is 4.90 Å². The molecule has 0 saturated carbocycles. The van der Waals surface area contributed by atoms with Crippen LogP contribution in [0.25, 0.3) is 0 Å². The van der Waals surface area contributed by atoms with Gasteiger partial charge in [-0.2, -0.15) is 0 Å². The Kier molecular flexibility index (Phi) is 7.00. The largest absolute Gasteiger partial charge is 0.492 e. The highest BCUT2D eigenvalue weighted by atomic mass is 16.5. The number of hydrogen-bond donors (Lipinski definition) is 0. The van der Waals surface area contributed by atoms with Gasteiger partial charge in [0.25, 0.3) is 5.91 Å². The molecule has 160 valence electrons. The van der Waals surface area contributed by atoms with Gasteiger partial charge in [0.1, 0.15) is 12.4 Å². The number of ether oxygens (including phenoxy) is 1. The first-order valence-corrected chi connectivity index (χ1v) is 11.1. The Hall–Kier alpha value is -3.11. The molecule has 0 atom stereocenters. The number of anilines is 2. The molecule has 4 heteroatoms. The van der Waals surface area contributed by atoms with Gasteiger partial charge in [0.05, 0.1) is 0 Å². The molecule has 4 rings (SSSR count). The van der Waals surface area contributed by atoms with Crippen molar-refractivity contribution >= 4 is 17.3 Å². The molecule has 1 amide bonds. The molecule has 0 aliphatic carbocycles. The smallest absolute Gasteiger partial charge is 0.262 e. The predicted molar refractivity (Wildman–Crippen MR) is 126 cm³/mol. The monoisotopic (exact) mass is 414 g/mol. The number of benzene rings is 3. The summed E-state index contributed by atoms with van der Waals surface area (Å²) in [5.41, 5.74) is 3.46. The van der Waals surface area contributed by atoms with E-state index in [1.165, 1.54) is 32.4 Å². The lowest BCUT2D eigenvalue weighted by Gasteiger charge is -2.26. The SMILES string of the molecule is Cc1ccc(C(=O)N(c2ccccc2)c2ccc(OCCN3CCCCC3)cc2)cc1. The zero-order chi connectivity index (χ0) is 21.5. The van der Waals surface area contributed by atoms with Crippen LogP contribution in [0.15, 0.2) is 78.9 Å². The lowest BCUT2D eigenvalue weighted by molar-refractivity contribution is 0.0999. The standard InChI is InChI=1S/C27H30N2O2/c1-22-10-12-23(13-11-22)27(30)29(24-8-4-2-5-9-24)25-14-16-26(17-15-25)31-21-20-28-18-6-3-7-19-28/h2,4-5,8-17H,3,6-7,18-21H2,1H3. The summed E-state index contributed by atoms with van der Waals surface area (Å²) < 4.78 is 5.96. The third kappa shape index (κ3) is 5.53. The van der Waals surface area contributed by atoms with Crippen molar-refractivity contribution < 1.29 is 9.53 Å². The van der Waals surface area contributed by atoms with Crippen LogP contribution in [0.3, 0.4) is 0 Å². The fraction of sp³-hybridized carbons (Fsp3) is 0.296. The Bertz CT molecular complexity index is 962. The molecule has 0 N–H and O–H groups in total. The van der Waals surface area contributed by atoms with Crippen LogP contribution in [0.5, 0.6) is 5.75 Å². The fourth-order valence-electron chi connectivity index (χ4n) is 3.95. The van der Waals surface area contributed by atoms with Crippen molar-refractivity contribution in [3.8, 4) is 5.75 Å². The maximum Gasteiger partial charge on any atom is 0.262 e. The molecular weight excluding hydrogens is 384 g/mol. The molecule has 1 aliphatic rings. The van der Waals surface area contributed by atoms with E-state index in [4.69, 9.17) is 4.74 Å². The highest BCUT2D eigenvalue weighted by Gasteiger charge is 2.20. The second-order valence-electron chi connectivity index (χ2n) is 8.09. The Morgan fingerprint density at radius 1 is 0.839 bits per heavy atom. The minimum atomic E-state index is -0.0510. The van der Waals surface area contributed by atoms with Gasteiger partial charge in [0.15, 0.2) is 0 Å². The minimum Gasteiger partial charge on any atom is -0.492 e. The number of hydrogen-bond acceptors (Lipinski definition) is 3. The van der Waals surface area contributed by atoms with Crippen LogP contribution in [0.2, 0.25) is 0 Å². The van der Waals surface area contributed by atoms with E-state index in [9.17, 15) is 4.79 Å². The van der Waals surface area contributed by atoms with Gasteiger partial charge in [-0.1, -0.05) is 42.3 Å². The molecule has 1 saturated heterocycles. The molecular formula is C27H30N2O2. The van der Waals surface area contributed by atoms with E-state index in [-0.39, 0.29) is 5.91 Å². The summed E-state index contributed by atoms with van der Waals surface area (Å²) in [5.74, 6) is 0.779. The zero-order valence-corrected chi connectivity index (χ0v) is 18.2. The maximum atomic E-state index is 13.4. The third-order valence-electron chi connectivity index (χ3n) is 5.74. The Morgan fingerprint density at radius 2 is 1.48 bits per heavy atom. The Labute approximate surface area is 185 Å². The van der Waals surface area contributed by atoms with E-state index in [2.05, 4.69) is 4.90 Å². The summed E-state index contributed by atoms with van der Waals surface area (Å²) in [6, 6.07) is 25.3. The lowest BCUT2D eigenvalue weighted by atomic mass is 10.1. The first-order valence-electron chi connectivity index (χ1n) is 11.1. The van der Waals surface area contributed by atoms with Crippen molar-refractivity contribution in [3.05, 3.63) is 90.0 Å². The average molecular weight is 415 g/mol. The van der Waals surface area contributed by atoms with Crippen molar-refractivity contribution in [1.82, 2.24) is 4.90 Å². The maximum absolute atomic E-state index is 13.4. The summed E-state index contributed by atoms with van der Waals surface area (Å²) in [5, 5.41) is 0. The van der Waals surface area contributed by atoms with Crippen molar-refractivity contribution in [2.75, 3.05) is 31.1 Å². The lowest BCUT2D eigenvalue weighted by Crippen LogP contribution is -2.33. The molecule has 1 aliphatic heterocycles. The van der Waals surface area contributed by atoms with E-state index < -0.39 is 0 Å². The van der Waals surface area contributed by atoms with Crippen molar-refractivity contribution in [1.29, 1.82) is 0 Å². The fourth-order valence-corrected chi connectivity index (χ4v) is 3.95. The van der Waals surface area contributed by atoms with Gasteiger partial charge in [-0.05, 0) is 81.4 Å². The molecule has 0 bridgehead atoms. The highest BCUT2D eigenvalue weighted by molar-refractivity contribution is 6.10. The van der Waals surface area contributed by atoms with Crippen LogP contribution in [0.1, 0.15) is 35.2 Å². The summed E-state index contributed by atoms with van der Waals surface area (Å²) in [6.07, 6.45) is 3.93. The van der Waals surface area contributed by atoms with Gasteiger partial charge >= 0.3 is 0 Å². The molecule has 0 spiro atoms. The summed E-state index contributed by atoms with van der Waals surface area (Å²) in [6.45, 7) is 6.02. The topological polar surface area (TPSA) is 32.8 Å². The second kappa shape index (κ2) is 10.3. The first kappa shape index (κ1) is 21.1. The average Bonchev–Trinajstić information content (AvgIpc) is 2.82. The van der Waals surface area contributed by atoms with Crippen LogP contribution < -0.4 is 9.64 Å². The molecule has 0 unspecified atom stereocenters. The van der Waals surface area contributed by atoms with Gasteiger partial charge in [-0.3, -0.25) is 14.6 Å². The van der Waals surface area contributed by atoms with E-state index >= 15 is 0 Å². The van der Waals surface area contributed by atoms with Gasteiger partial charge in [-0.15, -0.1) is 0 Å². The molecule has 3 aromatic rings. The van der Waals surface area contributed by atoms with Crippen molar-refractivity contribution in [2.45, 2.75) is 26.2 Å². The quantitative estimate of drug-likeness (QED) is 0.487. The molecule has 31 heavy (non-hydrogen) atoms. The Balaban J connectivity index is 1.48. The molecule has 0 radical (unpaired) electrons. The van der Waals surface area contributed by atoms with Crippen molar-refractivity contribution in [3.63, 3.8) is 0 Å². The van der Waals surface area contributed by atoms with E-state index in [0.717, 1.165) is 29.2 Å². The Morgan fingerprint density at radius 3 is 2.16 bits per heavy atom. The van der Waals surface area contributed by atoms with E-state index in [1.807, 2.05) is 85.8 Å². The van der Waals surface area contributed by atoms with Gasteiger partial charge < -0.3 is 4.74 Å². The second-order valence-corrected chi connectivity index (χ2v) is 8.09. The summed E-state index contributed by atoms with van der Waals surface area (Å²) >= 11 is 0. The minimum absolute atomic E-state index is 0.0510. The number of amides is 1. The molecule has 4 nitrogen and oxygen atoms in total. The van der Waals surface area contributed by atoms with Crippen LogP contribution in [-0.2, 0) is 0 Å². The first-order chi connectivity index (χ1) is 15.2. The van der Waals surface area contributed by atoms with E-state index in [0.29, 0.717) is 12.2 Å². The number of aryl methyl sites for hydroxylation is 1. The van der Waals surface area contributed by atoms with Gasteiger partial charge in [-0.25, -0.2) is 0 Å². The number of carbonyl (C=O) groups excluding carboxylic acids is 1. The zero-order valence-electron chi connectivity index (χ0n) is 18.2. The molecule has 1 fully saturated rings. The van der Waals surface area contributed by atoms with Crippen LogP contribution in [-0.4, -0.2) is 37.0 Å². The van der Waals surface area contributed by atoms with Crippen LogP contribution in [0, 0.1) is 6.92 Å². The number of nitrogens with zero attached hydrogens (tertiary/aromatic N) is 2. The number of para-hydroxylation sites is 1. The number of rotatable bonds is 7. The highest BCUT2D eigenvalue weighted by Crippen LogP contribution is 2.29. The summed E-state index contributed by atoms with van der Waals surface area (Å²) in [7, 11) is 0. The normalized spacial score (nSPS) is 14.2. The van der Waals surface area contributed by atoms with Gasteiger partial charge in [0.2, 0.25) is 0 Å². The van der Waals surface area contributed by atoms with Crippen LogP contribution >= 0.6 is 0 Å². The summed E-state index contributed by atoms with van der Waals surface area (Å²) in [4.78, 5) is 17.6. The molecule has 3 aromatic carbocycles.